The average molecular weight is 501 g/mol. The van der Waals surface area contributed by atoms with Crippen LogP contribution in [0.5, 0.6) is 17.2 Å². The number of methoxy groups -OCH3 is 1. The van der Waals surface area contributed by atoms with E-state index in [0.717, 1.165) is 50.2 Å². The molecule has 1 saturated heterocycles. The third-order valence-corrected chi connectivity index (χ3v) is 6.81. The number of ether oxygens (including phenoxy) is 3. The van der Waals surface area contributed by atoms with Gasteiger partial charge in [0.15, 0.2) is 11.5 Å². The van der Waals surface area contributed by atoms with Crippen molar-refractivity contribution in [1.82, 2.24) is 9.80 Å². The molecule has 0 N–H and O–H groups in total. The summed E-state index contributed by atoms with van der Waals surface area (Å²) in [5.41, 5.74) is 2.18. The maximum atomic E-state index is 13.8. The zero-order valence-electron chi connectivity index (χ0n) is 21.1. The zero-order valence-corrected chi connectivity index (χ0v) is 21.9. The quantitative estimate of drug-likeness (QED) is 0.485. The topological polar surface area (TPSA) is 51.2 Å². The molecule has 190 valence electrons. The van der Waals surface area contributed by atoms with Crippen molar-refractivity contribution in [3.05, 3.63) is 52.5 Å². The Labute approximate surface area is 214 Å². The Morgan fingerprint density at radius 3 is 2.80 bits per heavy atom. The molecule has 2 aliphatic rings. The number of nitrogens with zero attached hydrogens (tertiary/aromatic N) is 2. The highest BCUT2D eigenvalue weighted by Gasteiger charge is 2.30. The second-order valence-electron chi connectivity index (χ2n) is 9.99. The molecule has 6 nitrogen and oxygen atoms in total. The predicted molar refractivity (Wildman–Crippen MR) is 138 cm³/mol. The number of fused-ring (bicyclic) bond motifs is 1. The first-order valence-electron chi connectivity index (χ1n) is 12.6. The maximum Gasteiger partial charge on any atom is 0.227 e. The largest absolute Gasteiger partial charge is 0.497 e. The first kappa shape index (κ1) is 25.6. The van der Waals surface area contributed by atoms with E-state index in [9.17, 15) is 4.79 Å². The highest BCUT2D eigenvalue weighted by molar-refractivity contribution is 6.32. The van der Waals surface area contributed by atoms with Gasteiger partial charge in [-0.2, -0.15) is 0 Å². The number of piperidine rings is 1. The second kappa shape index (κ2) is 12.0. The van der Waals surface area contributed by atoms with Crippen molar-refractivity contribution in [3.8, 4) is 17.2 Å². The Kier molecular flexibility index (Phi) is 8.79. The van der Waals surface area contributed by atoms with Crippen LogP contribution < -0.4 is 14.2 Å². The van der Waals surface area contributed by atoms with E-state index < -0.39 is 0 Å². The molecule has 0 spiro atoms. The summed E-state index contributed by atoms with van der Waals surface area (Å²) >= 11 is 6.53. The van der Waals surface area contributed by atoms with Crippen molar-refractivity contribution in [2.75, 3.05) is 40.0 Å². The van der Waals surface area contributed by atoms with Crippen LogP contribution in [0.15, 0.2) is 36.4 Å². The Morgan fingerprint density at radius 1 is 1.17 bits per heavy atom. The Morgan fingerprint density at radius 2 is 2.00 bits per heavy atom. The smallest absolute Gasteiger partial charge is 0.227 e. The first-order chi connectivity index (χ1) is 16.9. The molecule has 1 atom stereocenters. The molecular weight excluding hydrogens is 464 g/mol. The van der Waals surface area contributed by atoms with Gasteiger partial charge in [0.2, 0.25) is 5.91 Å². The second-order valence-corrected chi connectivity index (χ2v) is 10.4. The van der Waals surface area contributed by atoms with E-state index in [4.69, 9.17) is 25.8 Å². The van der Waals surface area contributed by atoms with Gasteiger partial charge in [-0.05, 0) is 60.7 Å². The Balaban J connectivity index is 1.46. The third-order valence-electron chi connectivity index (χ3n) is 6.53. The molecule has 2 aromatic carbocycles. The lowest BCUT2D eigenvalue weighted by atomic mass is 9.95. The molecule has 0 unspecified atom stereocenters. The predicted octanol–water partition coefficient (Wildman–Crippen LogP) is 5.41. The van der Waals surface area contributed by atoms with Crippen LogP contribution in [-0.2, 0) is 17.9 Å². The van der Waals surface area contributed by atoms with Crippen molar-refractivity contribution in [3.63, 3.8) is 0 Å². The van der Waals surface area contributed by atoms with Gasteiger partial charge in [-0.15, -0.1) is 0 Å². The minimum Gasteiger partial charge on any atom is -0.497 e. The summed E-state index contributed by atoms with van der Waals surface area (Å²) in [6, 6.07) is 12.1. The van der Waals surface area contributed by atoms with E-state index in [-0.39, 0.29) is 11.8 Å². The van der Waals surface area contributed by atoms with Crippen LogP contribution in [0.1, 0.15) is 44.2 Å². The van der Waals surface area contributed by atoms with Crippen molar-refractivity contribution >= 4 is 17.5 Å². The number of benzene rings is 2. The lowest BCUT2D eigenvalue weighted by molar-refractivity contribution is -0.138. The summed E-state index contributed by atoms with van der Waals surface area (Å²) in [6.45, 7) is 9.31. The van der Waals surface area contributed by atoms with E-state index in [1.165, 1.54) is 5.56 Å². The van der Waals surface area contributed by atoms with Crippen LogP contribution in [0.25, 0.3) is 0 Å². The summed E-state index contributed by atoms with van der Waals surface area (Å²) in [6.07, 6.45) is 2.77. The number of amides is 1. The van der Waals surface area contributed by atoms with Gasteiger partial charge in [-0.1, -0.05) is 37.6 Å². The minimum atomic E-state index is -0.0102. The third kappa shape index (κ3) is 6.83. The summed E-state index contributed by atoms with van der Waals surface area (Å²) < 4.78 is 17.0. The number of carbonyl (C=O) groups is 1. The lowest BCUT2D eigenvalue weighted by Crippen LogP contribution is -2.45. The molecule has 2 aromatic rings. The SMILES string of the molecule is COc1cccc(CN2CCC[C@@H](C(=O)N(Cc3cc(Cl)c4c(c3)OCCCO4)CC(C)C)C2)c1. The standard InChI is InChI=1S/C28H37ClN2O4/c1-20(2)16-31(18-22-14-25(29)27-26(15-22)34-11-6-12-35-27)28(32)23-8-5-10-30(19-23)17-21-7-4-9-24(13-21)33-3/h4,7,9,13-15,20,23H,5-6,8,10-12,16-19H2,1-3H3/t23-/m1/s1. The molecule has 0 aliphatic carbocycles. The number of hydrogen-bond donors (Lipinski definition) is 0. The molecule has 7 heteroatoms. The van der Waals surface area contributed by atoms with Gasteiger partial charge < -0.3 is 19.1 Å². The molecule has 2 heterocycles. The average Bonchev–Trinajstić information content (AvgIpc) is 3.09. The van der Waals surface area contributed by atoms with Crippen LogP contribution in [0.4, 0.5) is 0 Å². The number of likely N-dealkylation sites (tertiary alicyclic amines) is 1. The fraction of sp³-hybridized carbons (Fsp3) is 0.536. The normalized spacial score (nSPS) is 18.3. The number of hydrogen-bond acceptors (Lipinski definition) is 5. The van der Waals surface area contributed by atoms with Crippen LogP contribution >= 0.6 is 11.6 Å². The number of halogens is 1. The molecule has 0 saturated carbocycles. The molecule has 0 radical (unpaired) electrons. The van der Waals surface area contributed by atoms with E-state index in [2.05, 4.69) is 30.9 Å². The molecule has 4 rings (SSSR count). The van der Waals surface area contributed by atoms with Gasteiger partial charge in [0.25, 0.3) is 0 Å². The first-order valence-corrected chi connectivity index (χ1v) is 13.0. The monoisotopic (exact) mass is 500 g/mol. The van der Waals surface area contributed by atoms with E-state index in [1.54, 1.807) is 7.11 Å². The van der Waals surface area contributed by atoms with Gasteiger partial charge in [0, 0.05) is 32.6 Å². The van der Waals surface area contributed by atoms with Crippen molar-refractivity contribution < 1.29 is 19.0 Å². The summed E-state index contributed by atoms with van der Waals surface area (Å²) in [7, 11) is 1.69. The minimum absolute atomic E-state index is 0.0102. The van der Waals surface area contributed by atoms with Crippen molar-refractivity contribution in [1.29, 1.82) is 0 Å². The van der Waals surface area contributed by atoms with Gasteiger partial charge >= 0.3 is 0 Å². The highest BCUT2D eigenvalue weighted by Crippen LogP contribution is 2.38. The van der Waals surface area contributed by atoms with Crippen molar-refractivity contribution in [2.45, 2.75) is 46.2 Å². The van der Waals surface area contributed by atoms with Crippen molar-refractivity contribution in [2.24, 2.45) is 11.8 Å². The number of rotatable bonds is 8. The van der Waals surface area contributed by atoms with E-state index in [0.29, 0.717) is 48.7 Å². The summed E-state index contributed by atoms with van der Waals surface area (Å²) in [5.74, 6) is 2.72. The molecule has 0 aromatic heterocycles. The van der Waals surface area contributed by atoms with Gasteiger partial charge in [0.1, 0.15) is 5.75 Å². The van der Waals surface area contributed by atoms with E-state index in [1.807, 2.05) is 29.2 Å². The molecule has 35 heavy (non-hydrogen) atoms. The van der Waals surface area contributed by atoms with Crippen LogP contribution in [-0.4, -0.2) is 55.7 Å². The van der Waals surface area contributed by atoms with Gasteiger partial charge in [0.05, 0.1) is 31.3 Å². The summed E-state index contributed by atoms with van der Waals surface area (Å²) in [5, 5.41) is 0.540. The van der Waals surface area contributed by atoms with Crippen LogP contribution in [0.2, 0.25) is 5.02 Å². The molecule has 1 fully saturated rings. The molecule has 1 amide bonds. The fourth-order valence-electron chi connectivity index (χ4n) is 4.96. The maximum absolute atomic E-state index is 13.8. The Hall–Kier alpha value is -2.44. The highest BCUT2D eigenvalue weighted by atomic mass is 35.5. The molecular formula is C28H37ClN2O4. The number of carbonyl (C=O) groups excluding carboxylic acids is 1. The summed E-state index contributed by atoms with van der Waals surface area (Å²) in [4.78, 5) is 18.1. The fourth-order valence-corrected chi connectivity index (χ4v) is 5.24. The molecule has 0 bridgehead atoms. The van der Waals surface area contributed by atoms with Crippen LogP contribution in [0.3, 0.4) is 0 Å². The van der Waals surface area contributed by atoms with Gasteiger partial charge in [-0.3, -0.25) is 9.69 Å². The van der Waals surface area contributed by atoms with E-state index >= 15 is 0 Å². The molecule has 2 aliphatic heterocycles. The zero-order chi connectivity index (χ0) is 24.8. The van der Waals surface area contributed by atoms with Gasteiger partial charge in [-0.25, -0.2) is 0 Å². The Bertz CT molecular complexity index is 1010. The lowest BCUT2D eigenvalue weighted by Gasteiger charge is -2.35. The van der Waals surface area contributed by atoms with Crippen LogP contribution in [0, 0.1) is 11.8 Å².